The lowest BCUT2D eigenvalue weighted by Crippen LogP contribution is -2.61. The first-order valence-electron chi connectivity index (χ1n) is 13.1. The molecule has 0 radical (unpaired) electrons. The molecule has 1 heterocycles. The highest BCUT2D eigenvalue weighted by atomic mass is 17.3. The molecule has 4 bridgehead atoms. The van der Waals surface area contributed by atoms with Gasteiger partial charge in [-0.2, -0.15) is 0 Å². The van der Waals surface area contributed by atoms with Gasteiger partial charge in [0, 0.05) is 25.1 Å². The standard InChI is InChI=1S/C27H41NO6/c1-24(2)17-9-12-26(5,19(24)15-17)33-31-23(11-14-28-21(29)7-8-22(28)30)32-34-27(6)13-10-18-16-20(27)25(18,3)4/h7-8,17-20,23H,9-16H2,1-6H3. The first-order chi connectivity index (χ1) is 15.9. The second kappa shape index (κ2) is 8.12. The van der Waals surface area contributed by atoms with Crippen molar-refractivity contribution < 1.29 is 29.1 Å². The molecule has 7 nitrogen and oxygen atoms in total. The van der Waals surface area contributed by atoms with Crippen molar-refractivity contribution in [1.29, 1.82) is 0 Å². The molecular formula is C27H41NO6. The van der Waals surface area contributed by atoms with Crippen LogP contribution in [-0.2, 0) is 29.1 Å². The molecule has 2 amide bonds. The fourth-order valence-corrected chi connectivity index (χ4v) is 7.88. The van der Waals surface area contributed by atoms with E-state index in [0.717, 1.165) is 50.4 Å². The van der Waals surface area contributed by atoms with Crippen molar-refractivity contribution in [1.82, 2.24) is 4.90 Å². The Balaban J connectivity index is 1.24. The van der Waals surface area contributed by atoms with Gasteiger partial charge in [0.1, 0.15) is 11.2 Å². The van der Waals surface area contributed by atoms with Gasteiger partial charge in [-0.3, -0.25) is 14.5 Å². The van der Waals surface area contributed by atoms with Crippen LogP contribution in [0.25, 0.3) is 0 Å². The van der Waals surface area contributed by atoms with E-state index in [9.17, 15) is 9.59 Å². The average molecular weight is 476 g/mol. The van der Waals surface area contributed by atoms with Gasteiger partial charge in [-0.25, -0.2) is 19.6 Å². The van der Waals surface area contributed by atoms with Crippen molar-refractivity contribution in [3.05, 3.63) is 12.2 Å². The van der Waals surface area contributed by atoms with E-state index >= 15 is 0 Å². The minimum Gasteiger partial charge on any atom is -0.275 e. The Kier molecular flexibility index (Phi) is 5.83. The number of nitrogens with zero attached hydrogens (tertiary/aromatic N) is 1. The maximum atomic E-state index is 12.0. The third kappa shape index (κ3) is 3.78. The van der Waals surface area contributed by atoms with Crippen LogP contribution in [0, 0.1) is 34.5 Å². The number of hydrogen-bond donors (Lipinski definition) is 0. The van der Waals surface area contributed by atoms with E-state index < -0.39 is 17.5 Å². The first-order valence-corrected chi connectivity index (χ1v) is 13.1. The normalized spacial score (nSPS) is 42.4. The van der Waals surface area contributed by atoms with Crippen LogP contribution in [0.15, 0.2) is 12.2 Å². The van der Waals surface area contributed by atoms with Gasteiger partial charge in [0.05, 0.1) is 0 Å². The smallest absolute Gasteiger partial charge is 0.253 e. The fraction of sp³-hybridized carbons (Fsp3) is 0.852. The summed E-state index contributed by atoms with van der Waals surface area (Å²) in [6.07, 6.45) is 8.50. The third-order valence-corrected chi connectivity index (χ3v) is 10.6. The SMILES string of the molecule is CC1(OOC(CCN2C(=O)C=CC2=O)OOC2(C)CCC3CC2C3(C)C)CCC2CC1C2(C)C. The van der Waals surface area contributed by atoms with Crippen LogP contribution in [0.3, 0.4) is 0 Å². The third-order valence-electron chi connectivity index (χ3n) is 10.6. The molecule has 190 valence electrons. The molecule has 7 heteroatoms. The summed E-state index contributed by atoms with van der Waals surface area (Å²) in [4.78, 5) is 49.3. The number of carbonyl (C=O) groups is 2. The van der Waals surface area contributed by atoms with Gasteiger partial charge >= 0.3 is 0 Å². The van der Waals surface area contributed by atoms with E-state index in [1.165, 1.54) is 17.1 Å². The van der Waals surface area contributed by atoms with Crippen LogP contribution in [0.5, 0.6) is 0 Å². The van der Waals surface area contributed by atoms with Gasteiger partial charge in [-0.1, -0.05) is 27.7 Å². The summed E-state index contributed by atoms with van der Waals surface area (Å²) >= 11 is 0. The maximum absolute atomic E-state index is 12.0. The summed E-state index contributed by atoms with van der Waals surface area (Å²) in [5, 5.41) is 0. The highest BCUT2D eigenvalue weighted by Crippen LogP contribution is 2.64. The molecule has 1 aliphatic heterocycles. The maximum Gasteiger partial charge on any atom is 0.253 e. The molecule has 34 heavy (non-hydrogen) atoms. The molecule has 7 rings (SSSR count). The van der Waals surface area contributed by atoms with E-state index in [1.54, 1.807) is 0 Å². The summed E-state index contributed by atoms with van der Waals surface area (Å²) in [7, 11) is 0. The van der Waals surface area contributed by atoms with Gasteiger partial charge < -0.3 is 0 Å². The van der Waals surface area contributed by atoms with Gasteiger partial charge in [0.15, 0.2) is 0 Å². The van der Waals surface area contributed by atoms with Gasteiger partial charge in [-0.15, -0.1) is 0 Å². The monoisotopic (exact) mass is 475 g/mol. The number of amides is 2. The van der Waals surface area contributed by atoms with Crippen molar-refractivity contribution in [2.24, 2.45) is 34.5 Å². The molecule has 0 aromatic heterocycles. The molecule has 6 unspecified atom stereocenters. The number of carbonyl (C=O) groups excluding carboxylic acids is 2. The van der Waals surface area contributed by atoms with E-state index in [2.05, 4.69) is 41.5 Å². The number of rotatable bonds is 9. The van der Waals surface area contributed by atoms with E-state index in [4.69, 9.17) is 19.6 Å². The van der Waals surface area contributed by atoms with Crippen molar-refractivity contribution in [2.45, 2.75) is 104 Å². The number of fused-ring (bicyclic) bond motifs is 4. The summed E-state index contributed by atoms with van der Waals surface area (Å²) in [6.45, 7) is 13.7. The Morgan fingerprint density at radius 2 is 1.26 bits per heavy atom. The average Bonchev–Trinajstić information content (AvgIpc) is 3.10. The zero-order valence-corrected chi connectivity index (χ0v) is 21.6. The summed E-state index contributed by atoms with van der Waals surface area (Å²) < 4.78 is 0. The minimum atomic E-state index is -0.836. The van der Waals surface area contributed by atoms with Crippen molar-refractivity contribution in [3.63, 3.8) is 0 Å². The molecule has 6 aliphatic carbocycles. The molecule has 6 atom stereocenters. The van der Waals surface area contributed by atoms with Gasteiger partial charge in [0.2, 0.25) is 6.29 Å². The van der Waals surface area contributed by atoms with Crippen LogP contribution in [0.4, 0.5) is 0 Å². The van der Waals surface area contributed by atoms with E-state index in [-0.39, 0.29) is 35.6 Å². The summed E-state index contributed by atoms with van der Waals surface area (Å²) in [6, 6.07) is 0. The van der Waals surface area contributed by atoms with Gasteiger partial charge in [-0.05, 0) is 86.9 Å². The quantitative estimate of drug-likeness (QED) is 0.203. The Morgan fingerprint density at radius 3 is 1.65 bits per heavy atom. The highest BCUT2D eigenvalue weighted by Gasteiger charge is 2.62. The van der Waals surface area contributed by atoms with E-state index in [0.29, 0.717) is 11.8 Å². The van der Waals surface area contributed by atoms with Crippen LogP contribution >= 0.6 is 0 Å². The van der Waals surface area contributed by atoms with E-state index in [1.807, 2.05) is 0 Å². The Bertz CT molecular complexity index is 812. The number of imide groups is 1. The lowest BCUT2D eigenvalue weighted by Gasteiger charge is -2.63. The van der Waals surface area contributed by atoms with Crippen molar-refractivity contribution >= 4 is 11.8 Å². The first kappa shape index (κ1) is 24.4. The highest BCUT2D eigenvalue weighted by molar-refractivity contribution is 6.12. The number of hydrogen-bond acceptors (Lipinski definition) is 6. The Morgan fingerprint density at radius 1 is 0.824 bits per heavy atom. The molecule has 7 aliphatic rings. The Labute approximate surface area is 203 Å². The van der Waals surface area contributed by atoms with Crippen molar-refractivity contribution in [2.75, 3.05) is 6.54 Å². The van der Waals surface area contributed by atoms with Crippen LogP contribution in [0.1, 0.15) is 86.5 Å². The van der Waals surface area contributed by atoms with Crippen molar-refractivity contribution in [3.8, 4) is 0 Å². The summed E-state index contributed by atoms with van der Waals surface area (Å²) in [5.74, 6) is 1.74. The van der Waals surface area contributed by atoms with Crippen LogP contribution in [-0.4, -0.2) is 40.8 Å². The van der Waals surface area contributed by atoms with Crippen LogP contribution < -0.4 is 0 Å². The predicted octanol–water partition coefficient (Wildman–Crippen LogP) is 4.95. The van der Waals surface area contributed by atoms with Crippen LogP contribution in [0.2, 0.25) is 0 Å². The fourth-order valence-electron chi connectivity index (χ4n) is 7.88. The molecule has 0 aromatic carbocycles. The lowest BCUT2D eigenvalue weighted by atomic mass is 9.44. The molecule has 0 saturated heterocycles. The predicted molar refractivity (Wildman–Crippen MR) is 125 cm³/mol. The second-order valence-electron chi connectivity index (χ2n) is 13.1. The molecule has 6 fully saturated rings. The molecule has 0 spiro atoms. The zero-order chi connectivity index (χ0) is 24.5. The molecule has 0 aromatic rings. The molecule has 6 saturated carbocycles. The Hall–Kier alpha value is -1.28. The minimum absolute atomic E-state index is 0.184. The zero-order valence-electron chi connectivity index (χ0n) is 21.6. The molecule has 0 N–H and O–H groups in total. The van der Waals surface area contributed by atoms with Gasteiger partial charge in [0.25, 0.3) is 11.8 Å². The topological polar surface area (TPSA) is 74.3 Å². The lowest BCUT2D eigenvalue weighted by molar-refractivity contribution is -0.522. The largest absolute Gasteiger partial charge is 0.275 e. The molecular weight excluding hydrogens is 434 g/mol. The second-order valence-corrected chi connectivity index (χ2v) is 13.1. The summed E-state index contributed by atoms with van der Waals surface area (Å²) in [5.41, 5.74) is -0.298.